The zero-order valence-corrected chi connectivity index (χ0v) is 14.3. The van der Waals surface area contributed by atoms with Gasteiger partial charge in [0.2, 0.25) is 0 Å². The SMILES string of the molecule is COc1ccc(F)c(CCc2ccc(-c3cccnc3)c3nncn23)c1. The van der Waals surface area contributed by atoms with Crippen LogP contribution in [0.5, 0.6) is 5.75 Å². The lowest BCUT2D eigenvalue weighted by atomic mass is 10.0. The highest BCUT2D eigenvalue weighted by atomic mass is 19.1. The molecule has 6 heteroatoms. The van der Waals surface area contributed by atoms with Crippen LogP contribution in [-0.4, -0.2) is 26.7 Å². The largest absolute Gasteiger partial charge is 0.497 e. The number of pyridine rings is 2. The van der Waals surface area contributed by atoms with Gasteiger partial charge in [-0.3, -0.25) is 9.38 Å². The summed E-state index contributed by atoms with van der Waals surface area (Å²) in [5.41, 5.74) is 4.35. The fraction of sp³-hybridized carbons (Fsp3) is 0.150. The normalized spacial score (nSPS) is 11.0. The number of rotatable bonds is 5. The number of hydrogen-bond acceptors (Lipinski definition) is 4. The lowest BCUT2D eigenvalue weighted by molar-refractivity contribution is 0.412. The highest BCUT2D eigenvalue weighted by Gasteiger charge is 2.11. The van der Waals surface area contributed by atoms with Crippen molar-refractivity contribution in [1.82, 2.24) is 19.6 Å². The van der Waals surface area contributed by atoms with Crippen LogP contribution in [-0.2, 0) is 12.8 Å². The first-order chi connectivity index (χ1) is 12.8. The van der Waals surface area contributed by atoms with Gasteiger partial charge in [0, 0.05) is 29.2 Å². The first-order valence-electron chi connectivity index (χ1n) is 8.30. The van der Waals surface area contributed by atoms with Crippen molar-refractivity contribution in [3.8, 4) is 16.9 Å². The molecule has 130 valence electrons. The van der Waals surface area contributed by atoms with Crippen LogP contribution in [0.4, 0.5) is 4.39 Å². The molecule has 0 saturated carbocycles. The molecule has 0 bridgehead atoms. The third kappa shape index (κ3) is 3.01. The fourth-order valence-electron chi connectivity index (χ4n) is 3.05. The van der Waals surface area contributed by atoms with Gasteiger partial charge in [0.25, 0.3) is 0 Å². The van der Waals surface area contributed by atoms with E-state index in [0.29, 0.717) is 24.2 Å². The summed E-state index contributed by atoms with van der Waals surface area (Å²) >= 11 is 0. The number of aromatic nitrogens is 4. The van der Waals surface area contributed by atoms with Gasteiger partial charge in [-0.05, 0) is 54.8 Å². The van der Waals surface area contributed by atoms with Crippen molar-refractivity contribution in [2.75, 3.05) is 7.11 Å². The van der Waals surface area contributed by atoms with E-state index in [2.05, 4.69) is 15.2 Å². The monoisotopic (exact) mass is 348 g/mol. The predicted molar refractivity (Wildman–Crippen MR) is 96.6 cm³/mol. The maximum atomic E-state index is 14.1. The van der Waals surface area contributed by atoms with E-state index in [1.807, 2.05) is 28.7 Å². The minimum absolute atomic E-state index is 0.224. The molecule has 0 saturated heterocycles. The number of ether oxygens (including phenoxy) is 1. The number of halogens is 1. The van der Waals surface area contributed by atoms with Gasteiger partial charge >= 0.3 is 0 Å². The van der Waals surface area contributed by atoms with Gasteiger partial charge in [0.1, 0.15) is 17.9 Å². The molecule has 1 aromatic carbocycles. The van der Waals surface area contributed by atoms with Gasteiger partial charge < -0.3 is 4.74 Å². The quantitative estimate of drug-likeness (QED) is 0.551. The van der Waals surface area contributed by atoms with Gasteiger partial charge in [-0.1, -0.05) is 6.07 Å². The first kappa shape index (κ1) is 16.2. The Balaban J connectivity index is 1.66. The van der Waals surface area contributed by atoms with E-state index in [1.165, 1.54) is 6.07 Å². The molecule has 0 atom stereocenters. The van der Waals surface area contributed by atoms with Crippen LogP contribution in [0.15, 0.2) is 61.2 Å². The minimum Gasteiger partial charge on any atom is -0.497 e. The molecule has 0 N–H and O–H groups in total. The Labute approximate surface area is 150 Å². The molecule has 0 aliphatic carbocycles. The Hall–Kier alpha value is -3.28. The summed E-state index contributed by atoms with van der Waals surface area (Å²) < 4.78 is 21.2. The van der Waals surface area contributed by atoms with E-state index < -0.39 is 0 Å². The second-order valence-corrected chi connectivity index (χ2v) is 5.96. The third-order valence-corrected chi connectivity index (χ3v) is 4.42. The van der Waals surface area contributed by atoms with E-state index in [9.17, 15) is 4.39 Å². The van der Waals surface area contributed by atoms with Gasteiger partial charge in [0.15, 0.2) is 5.65 Å². The lowest BCUT2D eigenvalue weighted by Gasteiger charge is -2.10. The lowest BCUT2D eigenvalue weighted by Crippen LogP contribution is -2.02. The van der Waals surface area contributed by atoms with Gasteiger partial charge in [-0.25, -0.2) is 4.39 Å². The first-order valence-corrected chi connectivity index (χ1v) is 8.30. The van der Waals surface area contributed by atoms with Crippen LogP contribution < -0.4 is 4.74 Å². The van der Waals surface area contributed by atoms with Crippen LogP contribution in [0, 0.1) is 5.82 Å². The molecule has 0 unspecified atom stereocenters. The molecule has 0 radical (unpaired) electrons. The van der Waals surface area contributed by atoms with Gasteiger partial charge in [-0.2, -0.15) is 0 Å². The Bertz CT molecular complexity index is 1050. The molecular weight excluding hydrogens is 331 g/mol. The van der Waals surface area contributed by atoms with E-state index >= 15 is 0 Å². The second kappa shape index (κ2) is 6.92. The van der Waals surface area contributed by atoms with Crippen LogP contribution in [0.25, 0.3) is 16.8 Å². The summed E-state index contributed by atoms with van der Waals surface area (Å²) in [6, 6.07) is 12.7. The number of hydrogen-bond donors (Lipinski definition) is 0. The van der Waals surface area contributed by atoms with Crippen molar-refractivity contribution < 1.29 is 9.13 Å². The maximum Gasteiger partial charge on any atom is 0.168 e. The highest BCUT2D eigenvalue weighted by Crippen LogP contribution is 2.24. The van der Waals surface area contributed by atoms with Crippen LogP contribution in [0.2, 0.25) is 0 Å². The van der Waals surface area contributed by atoms with E-state index in [-0.39, 0.29) is 5.82 Å². The average Bonchev–Trinajstić information content (AvgIpc) is 3.18. The Morgan fingerprint density at radius 3 is 2.85 bits per heavy atom. The smallest absolute Gasteiger partial charge is 0.168 e. The molecule has 3 heterocycles. The second-order valence-electron chi connectivity index (χ2n) is 5.96. The number of fused-ring (bicyclic) bond motifs is 1. The Kier molecular flexibility index (Phi) is 4.31. The van der Waals surface area contributed by atoms with E-state index in [0.717, 1.165) is 22.5 Å². The van der Waals surface area contributed by atoms with Crippen LogP contribution in [0.1, 0.15) is 11.3 Å². The van der Waals surface area contributed by atoms with Crippen molar-refractivity contribution in [3.63, 3.8) is 0 Å². The van der Waals surface area contributed by atoms with Crippen molar-refractivity contribution in [3.05, 3.63) is 78.3 Å². The zero-order chi connectivity index (χ0) is 17.9. The molecular formula is C20H17FN4O. The average molecular weight is 348 g/mol. The highest BCUT2D eigenvalue weighted by molar-refractivity contribution is 5.76. The Morgan fingerprint density at radius 1 is 1.12 bits per heavy atom. The molecule has 0 aliphatic heterocycles. The van der Waals surface area contributed by atoms with Crippen molar-refractivity contribution in [2.45, 2.75) is 12.8 Å². The summed E-state index contributed by atoms with van der Waals surface area (Å²) in [6.45, 7) is 0. The van der Waals surface area contributed by atoms with Crippen LogP contribution in [0.3, 0.4) is 0 Å². The van der Waals surface area contributed by atoms with Crippen molar-refractivity contribution in [2.24, 2.45) is 0 Å². The fourth-order valence-corrected chi connectivity index (χ4v) is 3.05. The van der Waals surface area contributed by atoms with Crippen LogP contribution >= 0.6 is 0 Å². The topological polar surface area (TPSA) is 52.3 Å². The molecule has 4 aromatic rings. The summed E-state index contributed by atoms with van der Waals surface area (Å²) in [4.78, 5) is 4.17. The maximum absolute atomic E-state index is 14.1. The number of benzene rings is 1. The van der Waals surface area contributed by atoms with Crippen molar-refractivity contribution >= 4 is 5.65 Å². The molecule has 0 fully saturated rings. The summed E-state index contributed by atoms with van der Waals surface area (Å²) in [5, 5.41) is 8.29. The molecule has 5 nitrogen and oxygen atoms in total. The standard InChI is InChI=1S/C20H17FN4O/c1-26-17-7-9-19(21)14(11-17)4-5-16-6-8-18(15-3-2-10-22-12-15)20-24-23-13-25(16)20/h2-3,6-13H,4-5H2,1H3. The van der Waals surface area contributed by atoms with E-state index in [4.69, 9.17) is 4.74 Å². The van der Waals surface area contributed by atoms with E-state index in [1.54, 1.807) is 38.0 Å². The molecule has 4 rings (SSSR count). The number of nitrogens with zero attached hydrogens (tertiary/aromatic N) is 4. The third-order valence-electron chi connectivity index (χ3n) is 4.42. The molecule has 0 amide bonds. The Morgan fingerprint density at radius 2 is 2.04 bits per heavy atom. The number of aryl methyl sites for hydroxylation is 2. The molecule has 0 spiro atoms. The molecule has 0 aliphatic rings. The zero-order valence-electron chi connectivity index (χ0n) is 14.3. The molecule has 3 aromatic heterocycles. The summed E-state index contributed by atoms with van der Waals surface area (Å²) in [5.74, 6) is 0.431. The minimum atomic E-state index is -0.224. The molecule has 26 heavy (non-hydrogen) atoms. The predicted octanol–water partition coefficient (Wildman–Crippen LogP) is 3.72. The summed E-state index contributed by atoms with van der Waals surface area (Å²) in [6.07, 6.45) is 6.44. The van der Waals surface area contributed by atoms with Gasteiger partial charge in [-0.15, -0.1) is 10.2 Å². The number of methoxy groups -OCH3 is 1. The van der Waals surface area contributed by atoms with Gasteiger partial charge in [0.05, 0.1) is 7.11 Å². The van der Waals surface area contributed by atoms with Crippen molar-refractivity contribution in [1.29, 1.82) is 0 Å². The summed E-state index contributed by atoms with van der Waals surface area (Å²) in [7, 11) is 1.58.